The highest BCUT2D eigenvalue weighted by molar-refractivity contribution is 5.83. The summed E-state index contributed by atoms with van der Waals surface area (Å²) in [7, 11) is 0. The number of oxazole rings is 1. The summed E-state index contributed by atoms with van der Waals surface area (Å²) >= 11 is 0. The van der Waals surface area contributed by atoms with Gasteiger partial charge in [0.05, 0.1) is 0 Å². The number of anilines is 1. The standard InChI is InChI=1S/C15H18N4O2/c1-10-2-3-13-11(8-10)17-15(21-13)19-7-6-18-5-4-16-14(20)12(18)9-19/h2-3,8,12H,4-7,9H2,1H3,(H,16,20)/t12-/m0/s1. The minimum Gasteiger partial charge on any atom is -0.423 e. The van der Waals surface area contributed by atoms with Crippen molar-refractivity contribution in [2.24, 2.45) is 0 Å². The molecule has 0 spiro atoms. The van der Waals surface area contributed by atoms with E-state index < -0.39 is 0 Å². The monoisotopic (exact) mass is 286 g/mol. The van der Waals surface area contributed by atoms with Crippen molar-refractivity contribution in [1.29, 1.82) is 0 Å². The molecule has 1 aromatic carbocycles. The molecule has 1 amide bonds. The molecule has 1 atom stereocenters. The zero-order valence-corrected chi connectivity index (χ0v) is 12.0. The largest absolute Gasteiger partial charge is 0.423 e. The molecule has 1 N–H and O–H groups in total. The van der Waals surface area contributed by atoms with Gasteiger partial charge in [-0.15, -0.1) is 0 Å². The van der Waals surface area contributed by atoms with Crippen molar-refractivity contribution in [3.8, 4) is 0 Å². The van der Waals surface area contributed by atoms with E-state index in [2.05, 4.69) is 20.1 Å². The number of amides is 1. The quantitative estimate of drug-likeness (QED) is 0.838. The molecule has 0 unspecified atom stereocenters. The highest BCUT2D eigenvalue weighted by atomic mass is 16.4. The molecule has 6 nitrogen and oxygen atoms in total. The number of hydrogen-bond donors (Lipinski definition) is 1. The normalized spacial score (nSPS) is 23.2. The lowest BCUT2D eigenvalue weighted by molar-refractivity contribution is -0.129. The van der Waals surface area contributed by atoms with Crippen molar-refractivity contribution < 1.29 is 9.21 Å². The van der Waals surface area contributed by atoms with Gasteiger partial charge in [0.1, 0.15) is 11.6 Å². The number of benzene rings is 1. The van der Waals surface area contributed by atoms with Gasteiger partial charge in [-0.05, 0) is 24.6 Å². The average molecular weight is 286 g/mol. The first-order valence-corrected chi connectivity index (χ1v) is 7.34. The molecular formula is C15H18N4O2. The summed E-state index contributed by atoms with van der Waals surface area (Å²) in [5.41, 5.74) is 2.84. The number of carbonyl (C=O) groups is 1. The van der Waals surface area contributed by atoms with Crippen LogP contribution in [0.4, 0.5) is 6.01 Å². The number of nitrogens with one attached hydrogen (secondary N) is 1. The fourth-order valence-electron chi connectivity index (χ4n) is 3.11. The van der Waals surface area contributed by atoms with Crippen LogP contribution in [0.3, 0.4) is 0 Å². The molecule has 0 aliphatic carbocycles. The molecular weight excluding hydrogens is 268 g/mol. The predicted molar refractivity (Wildman–Crippen MR) is 79.3 cm³/mol. The first-order valence-electron chi connectivity index (χ1n) is 7.34. The van der Waals surface area contributed by atoms with Crippen LogP contribution in [-0.2, 0) is 4.79 Å². The van der Waals surface area contributed by atoms with Crippen LogP contribution in [-0.4, -0.2) is 54.6 Å². The molecule has 2 aliphatic rings. The molecule has 2 saturated heterocycles. The molecule has 2 aromatic rings. The van der Waals surface area contributed by atoms with Crippen molar-refractivity contribution in [3.05, 3.63) is 23.8 Å². The maximum Gasteiger partial charge on any atom is 0.298 e. The molecule has 0 radical (unpaired) electrons. The highest BCUT2D eigenvalue weighted by Crippen LogP contribution is 2.25. The van der Waals surface area contributed by atoms with Crippen LogP contribution in [0.5, 0.6) is 0 Å². The topological polar surface area (TPSA) is 61.6 Å². The van der Waals surface area contributed by atoms with Crippen molar-refractivity contribution in [2.45, 2.75) is 13.0 Å². The van der Waals surface area contributed by atoms with Gasteiger partial charge in [0.2, 0.25) is 5.91 Å². The molecule has 2 aliphatic heterocycles. The number of aromatic nitrogens is 1. The second-order valence-corrected chi connectivity index (χ2v) is 5.76. The minimum atomic E-state index is -0.0933. The van der Waals surface area contributed by atoms with Crippen LogP contribution < -0.4 is 10.2 Å². The van der Waals surface area contributed by atoms with E-state index in [1.165, 1.54) is 5.56 Å². The van der Waals surface area contributed by atoms with Crippen LogP contribution in [0.1, 0.15) is 5.56 Å². The Balaban J connectivity index is 1.61. The van der Waals surface area contributed by atoms with Gasteiger partial charge in [-0.25, -0.2) is 0 Å². The van der Waals surface area contributed by atoms with Crippen molar-refractivity contribution in [1.82, 2.24) is 15.2 Å². The fraction of sp³-hybridized carbons (Fsp3) is 0.467. The Labute approximate surface area is 122 Å². The third-order valence-electron chi connectivity index (χ3n) is 4.29. The first kappa shape index (κ1) is 12.6. The van der Waals surface area contributed by atoms with Crippen LogP contribution in [0.25, 0.3) is 11.1 Å². The Hall–Kier alpha value is -2.08. The van der Waals surface area contributed by atoms with Gasteiger partial charge in [-0.3, -0.25) is 9.69 Å². The van der Waals surface area contributed by atoms with Crippen molar-refractivity contribution in [2.75, 3.05) is 37.6 Å². The first-order chi connectivity index (χ1) is 10.2. The lowest BCUT2D eigenvalue weighted by Crippen LogP contribution is -2.64. The summed E-state index contributed by atoms with van der Waals surface area (Å²) in [4.78, 5) is 20.9. The number of hydrogen-bond acceptors (Lipinski definition) is 5. The summed E-state index contributed by atoms with van der Waals surface area (Å²) < 4.78 is 5.84. The smallest absolute Gasteiger partial charge is 0.298 e. The Kier molecular flexibility index (Phi) is 2.85. The molecule has 2 fully saturated rings. The summed E-state index contributed by atoms with van der Waals surface area (Å²) in [6.45, 7) is 6.07. The van der Waals surface area contributed by atoms with E-state index in [1.807, 2.05) is 25.1 Å². The molecule has 0 saturated carbocycles. The Morgan fingerprint density at radius 2 is 2.24 bits per heavy atom. The van der Waals surface area contributed by atoms with Crippen LogP contribution in [0.15, 0.2) is 22.6 Å². The van der Waals surface area contributed by atoms with Crippen LogP contribution >= 0.6 is 0 Å². The predicted octanol–water partition coefficient (Wildman–Crippen LogP) is 0.757. The van der Waals surface area contributed by atoms with Gasteiger partial charge in [-0.2, -0.15) is 4.98 Å². The zero-order chi connectivity index (χ0) is 14.4. The van der Waals surface area contributed by atoms with Gasteiger partial charge < -0.3 is 14.6 Å². The van der Waals surface area contributed by atoms with Crippen LogP contribution in [0, 0.1) is 6.92 Å². The average Bonchev–Trinajstić information content (AvgIpc) is 2.90. The lowest BCUT2D eigenvalue weighted by Gasteiger charge is -2.42. The molecule has 4 rings (SSSR count). The molecule has 3 heterocycles. The van der Waals surface area contributed by atoms with Gasteiger partial charge in [0.25, 0.3) is 6.01 Å². The van der Waals surface area contributed by atoms with E-state index in [-0.39, 0.29) is 11.9 Å². The summed E-state index contributed by atoms with van der Waals surface area (Å²) in [6.07, 6.45) is 0. The number of rotatable bonds is 1. The van der Waals surface area contributed by atoms with E-state index in [0.717, 1.165) is 37.3 Å². The molecule has 0 bridgehead atoms. The number of fused-ring (bicyclic) bond motifs is 2. The third kappa shape index (κ3) is 2.15. The zero-order valence-electron chi connectivity index (χ0n) is 12.0. The number of carbonyl (C=O) groups excluding carboxylic acids is 1. The number of aryl methyl sites for hydroxylation is 1. The van der Waals surface area contributed by atoms with Gasteiger partial charge in [-0.1, -0.05) is 6.07 Å². The maximum atomic E-state index is 12.0. The molecule has 6 heteroatoms. The lowest BCUT2D eigenvalue weighted by atomic mass is 10.1. The van der Waals surface area contributed by atoms with Crippen LogP contribution in [0.2, 0.25) is 0 Å². The number of piperazine rings is 2. The van der Waals surface area contributed by atoms with Gasteiger partial charge >= 0.3 is 0 Å². The summed E-state index contributed by atoms with van der Waals surface area (Å²) in [5.74, 6) is 0.109. The number of nitrogens with zero attached hydrogens (tertiary/aromatic N) is 3. The molecule has 1 aromatic heterocycles. The summed E-state index contributed by atoms with van der Waals surface area (Å²) in [5, 5.41) is 2.93. The van der Waals surface area contributed by atoms with Gasteiger partial charge in [0.15, 0.2) is 5.58 Å². The van der Waals surface area contributed by atoms with E-state index in [4.69, 9.17) is 4.42 Å². The fourth-order valence-corrected chi connectivity index (χ4v) is 3.11. The molecule has 110 valence electrons. The minimum absolute atomic E-state index is 0.0933. The third-order valence-corrected chi connectivity index (χ3v) is 4.29. The SMILES string of the molecule is Cc1ccc2oc(N3CCN4CCNC(=O)[C@@H]4C3)nc2c1. The molecule has 21 heavy (non-hydrogen) atoms. The van der Waals surface area contributed by atoms with Gasteiger partial charge in [0, 0.05) is 32.7 Å². The van der Waals surface area contributed by atoms with E-state index in [1.54, 1.807) is 0 Å². The summed E-state index contributed by atoms with van der Waals surface area (Å²) in [6, 6.07) is 6.51. The van der Waals surface area contributed by atoms with Crippen molar-refractivity contribution >= 4 is 23.0 Å². The van der Waals surface area contributed by atoms with E-state index in [9.17, 15) is 4.79 Å². The Morgan fingerprint density at radius 3 is 3.14 bits per heavy atom. The van der Waals surface area contributed by atoms with Crippen molar-refractivity contribution in [3.63, 3.8) is 0 Å². The van der Waals surface area contributed by atoms with E-state index >= 15 is 0 Å². The van der Waals surface area contributed by atoms with E-state index in [0.29, 0.717) is 12.6 Å². The Bertz CT molecular complexity index is 696. The second kappa shape index (κ2) is 4.73. The maximum absolute atomic E-state index is 12.0. The second-order valence-electron chi connectivity index (χ2n) is 5.76. The Morgan fingerprint density at radius 1 is 1.33 bits per heavy atom. The highest BCUT2D eigenvalue weighted by Gasteiger charge is 2.36.